The van der Waals surface area contributed by atoms with Crippen molar-refractivity contribution in [1.82, 2.24) is 20.3 Å². The van der Waals surface area contributed by atoms with Crippen LogP contribution < -0.4 is 5.32 Å². The highest BCUT2D eigenvalue weighted by Gasteiger charge is 2.13. The molecule has 1 aliphatic rings. The van der Waals surface area contributed by atoms with E-state index in [1.807, 2.05) is 10.9 Å². The Morgan fingerprint density at radius 2 is 2.32 bits per heavy atom. The first-order valence-electron chi connectivity index (χ1n) is 7.17. The molecule has 0 radical (unpaired) electrons. The monoisotopic (exact) mass is 268 g/mol. The van der Waals surface area contributed by atoms with Crippen molar-refractivity contribution in [1.29, 1.82) is 0 Å². The maximum Gasteiger partial charge on any atom is 0.0964 e. The van der Waals surface area contributed by atoms with Crippen molar-refractivity contribution in [3.05, 3.63) is 11.9 Å². The van der Waals surface area contributed by atoms with E-state index in [4.69, 9.17) is 9.47 Å². The van der Waals surface area contributed by atoms with Crippen LogP contribution in [0.4, 0.5) is 0 Å². The van der Waals surface area contributed by atoms with Crippen molar-refractivity contribution in [2.24, 2.45) is 0 Å². The van der Waals surface area contributed by atoms with Crippen LogP contribution in [0.1, 0.15) is 31.9 Å². The molecule has 2 heterocycles. The molecule has 0 unspecified atom stereocenters. The van der Waals surface area contributed by atoms with Gasteiger partial charge in [0.25, 0.3) is 0 Å². The smallest absolute Gasteiger partial charge is 0.0964 e. The van der Waals surface area contributed by atoms with Gasteiger partial charge in [-0.1, -0.05) is 12.1 Å². The van der Waals surface area contributed by atoms with Crippen molar-refractivity contribution in [2.45, 2.75) is 45.4 Å². The van der Waals surface area contributed by atoms with Crippen molar-refractivity contribution < 1.29 is 9.47 Å². The zero-order chi connectivity index (χ0) is 13.3. The van der Waals surface area contributed by atoms with E-state index < -0.39 is 0 Å². The van der Waals surface area contributed by atoms with Gasteiger partial charge in [-0.2, -0.15) is 0 Å². The van der Waals surface area contributed by atoms with Crippen LogP contribution in [0.25, 0.3) is 0 Å². The molecule has 0 saturated carbocycles. The predicted octanol–water partition coefficient (Wildman–Crippen LogP) is 0.973. The van der Waals surface area contributed by atoms with Gasteiger partial charge in [-0.3, -0.25) is 0 Å². The molecule has 19 heavy (non-hydrogen) atoms. The van der Waals surface area contributed by atoms with Gasteiger partial charge < -0.3 is 14.8 Å². The van der Waals surface area contributed by atoms with Gasteiger partial charge in [-0.05, 0) is 25.8 Å². The molecule has 6 nitrogen and oxygen atoms in total. The van der Waals surface area contributed by atoms with Crippen LogP contribution >= 0.6 is 0 Å². The first-order valence-corrected chi connectivity index (χ1v) is 7.17. The minimum atomic E-state index is 0.350. The second-order valence-corrected chi connectivity index (χ2v) is 4.83. The predicted molar refractivity (Wildman–Crippen MR) is 71.8 cm³/mol. The van der Waals surface area contributed by atoms with Gasteiger partial charge in [0.1, 0.15) is 0 Å². The summed E-state index contributed by atoms with van der Waals surface area (Å²) in [7, 11) is 0. The van der Waals surface area contributed by atoms with Crippen molar-refractivity contribution in [3.63, 3.8) is 0 Å². The summed E-state index contributed by atoms with van der Waals surface area (Å²) in [5.41, 5.74) is 0.986. The summed E-state index contributed by atoms with van der Waals surface area (Å²) >= 11 is 0. The Morgan fingerprint density at radius 3 is 3.11 bits per heavy atom. The third-order valence-electron chi connectivity index (χ3n) is 3.16. The van der Waals surface area contributed by atoms with Gasteiger partial charge in [0, 0.05) is 26.0 Å². The van der Waals surface area contributed by atoms with E-state index in [1.54, 1.807) is 0 Å². The lowest BCUT2D eigenvalue weighted by Crippen LogP contribution is -2.24. The van der Waals surface area contributed by atoms with E-state index in [1.165, 1.54) is 0 Å². The highest BCUT2D eigenvalue weighted by molar-refractivity contribution is 4.91. The zero-order valence-electron chi connectivity index (χ0n) is 11.7. The van der Waals surface area contributed by atoms with E-state index >= 15 is 0 Å². The van der Waals surface area contributed by atoms with Crippen LogP contribution in [0.2, 0.25) is 0 Å². The average Bonchev–Trinajstić information content (AvgIpc) is 2.88. The molecule has 0 atom stereocenters. The Balaban J connectivity index is 1.62. The third-order valence-corrected chi connectivity index (χ3v) is 3.16. The Morgan fingerprint density at radius 1 is 1.47 bits per heavy atom. The highest BCUT2D eigenvalue weighted by atomic mass is 16.5. The van der Waals surface area contributed by atoms with Gasteiger partial charge in [-0.15, -0.1) is 5.10 Å². The summed E-state index contributed by atoms with van der Waals surface area (Å²) in [6.45, 7) is 7.04. The summed E-state index contributed by atoms with van der Waals surface area (Å²) in [5, 5.41) is 11.5. The minimum absolute atomic E-state index is 0.350. The molecule has 1 fully saturated rings. The zero-order valence-corrected chi connectivity index (χ0v) is 11.7. The van der Waals surface area contributed by atoms with E-state index in [-0.39, 0.29) is 0 Å². The fourth-order valence-electron chi connectivity index (χ4n) is 2.08. The summed E-state index contributed by atoms with van der Waals surface area (Å²) in [5.74, 6) is 0. The molecule has 0 bridgehead atoms. The second-order valence-electron chi connectivity index (χ2n) is 4.83. The summed E-state index contributed by atoms with van der Waals surface area (Å²) < 4.78 is 13.0. The molecule has 0 spiro atoms. The van der Waals surface area contributed by atoms with Crippen LogP contribution in [0.3, 0.4) is 0 Å². The van der Waals surface area contributed by atoms with Crippen molar-refractivity contribution >= 4 is 0 Å². The molecule has 1 aromatic heterocycles. The standard InChI is InChI=1S/C13H24N4O2/c1-2-5-14-10-12-11-17(16-15-12)6-9-19-13-3-7-18-8-4-13/h11,13-14H,2-10H2,1H3. The number of nitrogens with zero attached hydrogens (tertiary/aromatic N) is 3. The van der Waals surface area contributed by atoms with Gasteiger partial charge in [0.2, 0.25) is 0 Å². The van der Waals surface area contributed by atoms with Crippen molar-refractivity contribution in [2.75, 3.05) is 26.4 Å². The number of rotatable bonds is 8. The molecule has 1 N–H and O–H groups in total. The quantitative estimate of drug-likeness (QED) is 0.712. The second kappa shape index (κ2) is 8.24. The molecule has 1 saturated heterocycles. The Kier molecular flexibility index (Phi) is 6.26. The maximum atomic E-state index is 5.81. The Hall–Kier alpha value is -0.980. The molecule has 1 aromatic rings. The molecule has 108 valence electrons. The van der Waals surface area contributed by atoms with Crippen LogP contribution in [0.5, 0.6) is 0 Å². The fraction of sp³-hybridized carbons (Fsp3) is 0.846. The summed E-state index contributed by atoms with van der Waals surface area (Å²) in [6, 6.07) is 0. The first kappa shape index (κ1) is 14.4. The van der Waals surface area contributed by atoms with Crippen molar-refractivity contribution in [3.8, 4) is 0 Å². The van der Waals surface area contributed by atoms with Crippen LogP contribution in [-0.2, 0) is 22.6 Å². The maximum absolute atomic E-state index is 5.81. The summed E-state index contributed by atoms with van der Waals surface area (Å²) in [6.07, 6.45) is 5.47. The largest absolute Gasteiger partial charge is 0.381 e. The fourth-order valence-corrected chi connectivity index (χ4v) is 2.08. The molecule has 0 amide bonds. The lowest BCUT2D eigenvalue weighted by molar-refractivity contribution is -0.0345. The number of hydrogen-bond acceptors (Lipinski definition) is 5. The van der Waals surface area contributed by atoms with E-state index in [0.29, 0.717) is 12.7 Å². The lowest BCUT2D eigenvalue weighted by atomic mass is 10.2. The SMILES string of the molecule is CCCNCc1cn(CCOC2CCOCC2)nn1. The third kappa shape index (κ3) is 5.26. The van der Waals surface area contributed by atoms with Gasteiger partial charge in [-0.25, -0.2) is 4.68 Å². The molecule has 6 heteroatoms. The van der Waals surface area contributed by atoms with Gasteiger partial charge >= 0.3 is 0 Å². The molecule has 0 aliphatic carbocycles. The highest BCUT2D eigenvalue weighted by Crippen LogP contribution is 2.10. The topological polar surface area (TPSA) is 61.2 Å². The lowest BCUT2D eigenvalue weighted by Gasteiger charge is -2.22. The van der Waals surface area contributed by atoms with E-state index in [0.717, 1.165) is 57.8 Å². The summed E-state index contributed by atoms with van der Waals surface area (Å²) in [4.78, 5) is 0. The van der Waals surface area contributed by atoms with E-state index in [9.17, 15) is 0 Å². The normalized spacial score (nSPS) is 16.9. The van der Waals surface area contributed by atoms with Gasteiger partial charge in [0.15, 0.2) is 0 Å². The first-order chi connectivity index (χ1) is 9.38. The number of nitrogens with one attached hydrogen (secondary N) is 1. The minimum Gasteiger partial charge on any atom is -0.381 e. The molecular formula is C13H24N4O2. The molecule has 0 aromatic carbocycles. The number of ether oxygens (including phenoxy) is 2. The van der Waals surface area contributed by atoms with Crippen LogP contribution in [0.15, 0.2) is 6.20 Å². The number of aromatic nitrogens is 3. The average molecular weight is 268 g/mol. The number of hydrogen-bond donors (Lipinski definition) is 1. The van der Waals surface area contributed by atoms with Gasteiger partial charge in [0.05, 0.1) is 24.9 Å². The molecular weight excluding hydrogens is 244 g/mol. The van der Waals surface area contributed by atoms with Crippen LogP contribution in [-0.4, -0.2) is 47.5 Å². The molecule has 1 aliphatic heterocycles. The van der Waals surface area contributed by atoms with E-state index in [2.05, 4.69) is 22.6 Å². The van der Waals surface area contributed by atoms with Crippen LogP contribution in [0, 0.1) is 0 Å². The Labute approximate surface area is 114 Å². The molecule has 2 rings (SSSR count). The Bertz CT molecular complexity index is 350.